The molecule has 0 aliphatic carbocycles. The minimum Gasteiger partial charge on any atom is -0.385 e. The fraction of sp³-hybridized carbons (Fsp3) is 0.400. The minimum absolute atomic E-state index is 0.124. The van der Waals surface area contributed by atoms with Gasteiger partial charge >= 0.3 is 0 Å². The highest BCUT2D eigenvalue weighted by molar-refractivity contribution is 5.94. The second-order valence-electron chi connectivity index (χ2n) is 6.38. The number of ether oxygens (including phenoxy) is 1. The second-order valence-corrected chi connectivity index (χ2v) is 6.38. The maximum Gasteiger partial charge on any atom is 0.252 e. The van der Waals surface area contributed by atoms with Crippen molar-refractivity contribution in [2.75, 3.05) is 25.6 Å². The molecule has 0 saturated heterocycles. The molecule has 2 N–H and O–H groups in total. The zero-order chi connectivity index (χ0) is 18.2. The van der Waals surface area contributed by atoms with Crippen LogP contribution in [0.4, 0.5) is 11.4 Å². The predicted molar refractivity (Wildman–Crippen MR) is 102 cm³/mol. The van der Waals surface area contributed by atoms with E-state index in [-0.39, 0.29) is 5.91 Å². The highest BCUT2D eigenvalue weighted by Crippen LogP contribution is 2.30. The van der Waals surface area contributed by atoms with E-state index in [1.54, 1.807) is 19.5 Å². The average molecular weight is 341 g/mol. The van der Waals surface area contributed by atoms with Crippen LogP contribution in [0, 0.1) is 6.92 Å². The van der Waals surface area contributed by atoms with Crippen LogP contribution in [0.1, 0.15) is 47.7 Å². The SMILES string of the molecule is COCCCNC(=O)c1cncc(Nc2c(C)cccc2C(C)C)c1. The molecule has 0 unspecified atom stereocenters. The van der Waals surface area contributed by atoms with Gasteiger partial charge < -0.3 is 15.4 Å². The van der Waals surface area contributed by atoms with Gasteiger partial charge in [-0.2, -0.15) is 0 Å². The number of nitrogens with one attached hydrogen (secondary N) is 2. The third-order valence-corrected chi connectivity index (χ3v) is 4.01. The number of benzene rings is 1. The van der Waals surface area contributed by atoms with Gasteiger partial charge in [-0.3, -0.25) is 9.78 Å². The molecular weight excluding hydrogens is 314 g/mol. The number of carbonyl (C=O) groups excluding carboxylic acids is 1. The number of amides is 1. The van der Waals surface area contributed by atoms with E-state index in [4.69, 9.17) is 4.74 Å². The van der Waals surface area contributed by atoms with E-state index in [0.717, 1.165) is 17.8 Å². The van der Waals surface area contributed by atoms with Crippen LogP contribution in [0.2, 0.25) is 0 Å². The number of methoxy groups -OCH3 is 1. The summed E-state index contributed by atoms with van der Waals surface area (Å²) in [6.07, 6.45) is 4.10. The van der Waals surface area contributed by atoms with Crippen molar-refractivity contribution in [2.24, 2.45) is 0 Å². The molecule has 5 nitrogen and oxygen atoms in total. The number of nitrogens with zero attached hydrogens (tertiary/aromatic N) is 1. The van der Waals surface area contributed by atoms with Crippen LogP contribution in [0.3, 0.4) is 0 Å². The number of aromatic nitrogens is 1. The van der Waals surface area contributed by atoms with Gasteiger partial charge in [-0.1, -0.05) is 32.0 Å². The number of carbonyl (C=O) groups is 1. The molecule has 0 atom stereocenters. The Labute approximate surface area is 149 Å². The summed E-state index contributed by atoms with van der Waals surface area (Å²) < 4.78 is 4.98. The number of rotatable bonds is 8. The summed E-state index contributed by atoms with van der Waals surface area (Å²) in [5.74, 6) is 0.281. The maximum atomic E-state index is 12.2. The molecule has 1 amide bonds. The fourth-order valence-electron chi connectivity index (χ4n) is 2.64. The third kappa shape index (κ3) is 5.29. The summed E-state index contributed by atoms with van der Waals surface area (Å²) in [7, 11) is 1.65. The van der Waals surface area contributed by atoms with Crippen LogP contribution in [-0.2, 0) is 4.74 Å². The largest absolute Gasteiger partial charge is 0.385 e. The van der Waals surface area contributed by atoms with Crippen molar-refractivity contribution in [2.45, 2.75) is 33.1 Å². The summed E-state index contributed by atoms with van der Waals surface area (Å²) in [4.78, 5) is 16.4. The lowest BCUT2D eigenvalue weighted by molar-refractivity contribution is 0.0948. The number of hydrogen-bond acceptors (Lipinski definition) is 4. The van der Waals surface area contributed by atoms with Gasteiger partial charge in [0.05, 0.1) is 17.4 Å². The molecule has 2 aromatic rings. The number of para-hydroxylation sites is 1. The molecule has 0 radical (unpaired) electrons. The molecule has 0 spiro atoms. The normalized spacial score (nSPS) is 10.8. The first-order valence-corrected chi connectivity index (χ1v) is 8.61. The lowest BCUT2D eigenvalue weighted by atomic mass is 9.98. The Hall–Kier alpha value is -2.40. The molecule has 0 fully saturated rings. The summed E-state index contributed by atoms with van der Waals surface area (Å²) in [6, 6.07) is 8.10. The smallest absolute Gasteiger partial charge is 0.252 e. The Kier molecular flexibility index (Phi) is 6.95. The van der Waals surface area contributed by atoms with E-state index in [0.29, 0.717) is 24.6 Å². The van der Waals surface area contributed by atoms with Crippen molar-refractivity contribution in [3.8, 4) is 0 Å². The van der Waals surface area contributed by atoms with E-state index in [2.05, 4.69) is 54.6 Å². The lowest BCUT2D eigenvalue weighted by Gasteiger charge is -2.17. The standard InChI is InChI=1S/C20H27N3O2/c1-14(2)18-8-5-7-15(3)19(18)23-17-11-16(12-21-13-17)20(24)22-9-6-10-25-4/h5,7-8,11-14,23H,6,9-10H2,1-4H3,(H,22,24). The third-order valence-electron chi connectivity index (χ3n) is 4.01. The molecule has 5 heteroatoms. The molecule has 0 saturated carbocycles. The van der Waals surface area contributed by atoms with E-state index >= 15 is 0 Å². The topological polar surface area (TPSA) is 63.2 Å². The van der Waals surface area contributed by atoms with Crippen LogP contribution >= 0.6 is 0 Å². The number of pyridine rings is 1. The van der Waals surface area contributed by atoms with Gasteiger partial charge in [-0.15, -0.1) is 0 Å². The Morgan fingerprint density at radius 1 is 1.28 bits per heavy atom. The van der Waals surface area contributed by atoms with Gasteiger partial charge in [-0.05, 0) is 36.5 Å². The second kappa shape index (κ2) is 9.18. The summed E-state index contributed by atoms with van der Waals surface area (Å²) in [5.41, 5.74) is 4.84. The molecule has 0 aliphatic heterocycles. The Balaban J connectivity index is 2.13. The van der Waals surface area contributed by atoms with Crippen LogP contribution in [0.15, 0.2) is 36.7 Å². The van der Waals surface area contributed by atoms with Crippen molar-refractivity contribution >= 4 is 17.3 Å². The zero-order valence-corrected chi connectivity index (χ0v) is 15.4. The van der Waals surface area contributed by atoms with E-state index < -0.39 is 0 Å². The van der Waals surface area contributed by atoms with E-state index in [1.807, 2.05) is 6.07 Å². The Morgan fingerprint density at radius 3 is 2.80 bits per heavy atom. The minimum atomic E-state index is -0.124. The van der Waals surface area contributed by atoms with Gasteiger partial charge in [0.2, 0.25) is 0 Å². The van der Waals surface area contributed by atoms with Crippen molar-refractivity contribution < 1.29 is 9.53 Å². The first-order chi connectivity index (χ1) is 12.0. The number of aryl methyl sites for hydroxylation is 1. The van der Waals surface area contributed by atoms with Gasteiger partial charge in [-0.25, -0.2) is 0 Å². The molecule has 1 aromatic heterocycles. The lowest BCUT2D eigenvalue weighted by Crippen LogP contribution is -2.25. The molecule has 25 heavy (non-hydrogen) atoms. The fourth-order valence-corrected chi connectivity index (χ4v) is 2.64. The quantitative estimate of drug-likeness (QED) is 0.712. The first-order valence-electron chi connectivity index (χ1n) is 8.61. The molecule has 2 rings (SSSR count). The maximum absolute atomic E-state index is 12.2. The van der Waals surface area contributed by atoms with Crippen LogP contribution in [0.5, 0.6) is 0 Å². The summed E-state index contributed by atoms with van der Waals surface area (Å²) in [6.45, 7) is 7.63. The van der Waals surface area contributed by atoms with Gasteiger partial charge in [0.1, 0.15) is 0 Å². The molecule has 0 aliphatic rings. The average Bonchev–Trinajstić information content (AvgIpc) is 2.60. The molecule has 0 bridgehead atoms. The highest BCUT2D eigenvalue weighted by atomic mass is 16.5. The first kappa shape index (κ1) is 18.9. The van der Waals surface area contributed by atoms with Gasteiger partial charge in [0, 0.05) is 32.1 Å². The van der Waals surface area contributed by atoms with E-state index in [1.165, 1.54) is 11.1 Å². The van der Waals surface area contributed by atoms with Crippen LogP contribution < -0.4 is 10.6 Å². The number of hydrogen-bond donors (Lipinski definition) is 2. The molecule has 1 heterocycles. The Morgan fingerprint density at radius 2 is 2.08 bits per heavy atom. The molecule has 134 valence electrons. The van der Waals surface area contributed by atoms with Crippen LogP contribution in [0.25, 0.3) is 0 Å². The molecule has 1 aromatic carbocycles. The van der Waals surface area contributed by atoms with Crippen molar-refractivity contribution in [1.82, 2.24) is 10.3 Å². The molecular formula is C20H27N3O2. The predicted octanol–water partition coefficient (Wildman–Crippen LogP) is 4.02. The van der Waals surface area contributed by atoms with Gasteiger partial charge in [0.15, 0.2) is 0 Å². The summed E-state index contributed by atoms with van der Waals surface area (Å²) >= 11 is 0. The summed E-state index contributed by atoms with van der Waals surface area (Å²) in [5, 5.41) is 6.31. The Bertz CT molecular complexity index is 714. The van der Waals surface area contributed by atoms with Gasteiger partial charge in [0.25, 0.3) is 5.91 Å². The van der Waals surface area contributed by atoms with Crippen molar-refractivity contribution in [1.29, 1.82) is 0 Å². The van der Waals surface area contributed by atoms with Crippen molar-refractivity contribution in [3.63, 3.8) is 0 Å². The highest BCUT2D eigenvalue weighted by Gasteiger charge is 2.11. The van der Waals surface area contributed by atoms with Crippen LogP contribution in [-0.4, -0.2) is 31.2 Å². The van der Waals surface area contributed by atoms with Crippen molar-refractivity contribution in [3.05, 3.63) is 53.3 Å². The monoisotopic (exact) mass is 341 g/mol. The van der Waals surface area contributed by atoms with E-state index in [9.17, 15) is 4.79 Å². The number of anilines is 2. The zero-order valence-electron chi connectivity index (χ0n) is 15.4.